The van der Waals surface area contributed by atoms with E-state index in [-0.39, 0.29) is 5.91 Å². The van der Waals surface area contributed by atoms with Gasteiger partial charge in [-0.3, -0.25) is 4.79 Å². The molecule has 0 saturated heterocycles. The zero-order valence-electron chi connectivity index (χ0n) is 11.9. The van der Waals surface area contributed by atoms with Crippen LogP contribution in [-0.4, -0.2) is 21.8 Å². The van der Waals surface area contributed by atoms with Gasteiger partial charge in [0.05, 0.1) is 5.56 Å². The van der Waals surface area contributed by atoms with E-state index in [1.54, 1.807) is 12.3 Å². The molecule has 21 heavy (non-hydrogen) atoms. The summed E-state index contributed by atoms with van der Waals surface area (Å²) in [5, 5.41) is 0. The van der Waals surface area contributed by atoms with Gasteiger partial charge >= 0.3 is 0 Å². The van der Waals surface area contributed by atoms with Crippen molar-refractivity contribution < 1.29 is 4.79 Å². The van der Waals surface area contributed by atoms with Gasteiger partial charge in [0.15, 0.2) is 0 Å². The Morgan fingerprint density at radius 1 is 1.33 bits per heavy atom. The van der Waals surface area contributed by atoms with Crippen molar-refractivity contribution in [3.63, 3.8) is 0 Å². The number of carbonyl (C=O) groups excluding carboxylic acids is 1. The van der Waals surface area contributed by atoms with Gasteiger partial charge in [-0.25, -0.2) is 4.98 Å². The SMILES string of the molecule is Cc1cccc(CN(C(=O)c2cccnc2Br)C2CC2)c1. The van der Waals surface area contributed by atoms with E-state index in [2.05, 4.69) is 46.0 Å². The van der Waals surface area contributed by atoms with Crippen molar-refractivity contribution in [3.8, 4) is 0 Å². The fourth-order valence-electron chi connectivity index (χ4n) is 2.46. The van der Waals surface area contributed by atoms with E-state index >= 15 is 0 Å². The van der Waals surface area contributed by atoms with Crippen LogP contribution in [0, 0.1) is 6.92 Å². The van der Waals surface area contributed by atoms with E-state index in [1.165, 1.54) is 11.1 Å². The number of amides is 1. The van der Waals surface area contributed by atoms with Crippen LogP contribution in [0.5, 0.6) is 0 Å². The molecule has 1 amide bonds. The van der Waals surface area contributed by atoms with E-state index in [4.69, 9.17) is 0 Å². The normalized spacial score (nSPS) is 14.0. The van der Waals surface area contributed by atoms with E-state index in [1.807, 2.05) is 17.0 Å². The quantitative estimate of drug-likeness (QED) is 0.786. The van der Waals surface area contributed by atoms with Crippen LogP contribution in [-0.2, 0) is 6.54 Å². The van der Waals surface area contributed by atoms with Gasteiger partial charge < -0.3 is 4.90 Å². The predicted octanol–water partition coefficient (Wildman–Crippen LogP) is 3.96. The predicted molar refractivity (Wildman–Crippen MR) is 86.0 cm³/mol. The lowest BCUT2D eigenvalue weighted by Gasteiger charge is -2.23. The van der Waals surface area contributed by atoms with Crippen molar-refractivity contribution in [2.75, 3.05) is 0 Å². The van der Waals surface area contributed by atoms with Crippen LogP contribution in [0.25, 0.3) is 0 Å². The third-order valence-corrected chi connectivity index (χ3v) is 4.31. The van der Waals surface area contributed by atoms with Gasteiger partial charge in [-0.2, -0.15) is 0 Å². The van der Waals surface area contributed by atoms with Crippen molar-refractivity contribution in [2.45, 2.75) is 32.4 Å². The zero-order chi connectivity index (χ0) is 14.8. The number of rotatable bonds is 4. The first kappa shape index (κ1) is 14.3. The molecule has 0 spiro atoms. The van der Waals surface area contributed by atoms with Crippen LogP contribution < -0.4 is 0 Å². The monoisotopic (exact) mass is 344 g/mol. The number of carbonyl (C=O) groups is 1. The maximum atomic E-state index is 12.8. The molecule has 0 unspecified atom stereocenters. The lowest BCUT2D eigenvalue weighted by Crippen LogP contribution is -2.33. The van der Waals surface area contributed by atoms with Gasteiger partial charge in [0.25, 0.3) is 5.91 Å². The van der Waals surface area contributed by atoms with Crippen molar-refractivity contribution in [1.82, 2.24) is 9.88 Å². The van der Waals surface area contributed by atoms with Gasteiger partial charge in [-0.1, -0.05) is 29.8 Å². The summed E-state index contributed by atoms with van der Waals surface area (Å²) >= 11 is 3.37. The molecule has 0 atom stereocenters. The highest BCUT2D eigenvalue weighted by Crippen LogP contribution is 2.31. The summed E-state index contributed by atoms with van der Waals surface area (Å²) in [5.41, 5.74) is 3.03. The molecule has 0 bridgehead atoms. The second-order valence-corrected chi connectivity index (χ2v) is 6.25. The van der Waals surface area contributed by atoms with Crippen LogP contribution >= 0.6 is 15.9 Å². The van der Waals surface area contributed by atoms with Crippen LogP contribution in [0.15, 0.2) is 47.2 Å². The number of halogens is 1. The van der Waals surface area contributed by atoms with Gasteiger partial charge in [-0.15, -0.1) is 0 Å². The average Bonchev–Trinajstić information content (AvgIpc) is 3.29. The maximum absolute atomic E-state index is 12.8. The first-order valence-corrected chi connectivity index (χ1v) is 7.91. The Bertz CT molecular complexity index is 667. The van der Waals surface area contributed by atoms with E-state index in [9.17, 15) is 4.79 Å². The molecular formula is C17H17BrN2O. The van der Waals surface area contributed by atoms with E-state index < -0.39 is 0 Å². The Morgan fingerprint density at radius 3 is 2.81 bits per heavy atom. The molecule has 0 aliphatic heterocycles. The molecule has 1 aromatic carbocycles. The third kappa shape index (κ3) is 3.32. The van der Waals surface area contributed by atoms with Gasteiger partial charge in [0.1, 0.15) is 4.60 Å². The standard InChI is InChI=1S/C17H17BrN2O/c1-12-4-2-5-13(10-12)11-20(14-7-8-14)17(21)15-6-3-9-19-16(15)18/h2-6,9-10,14H,7-8,11H2,1H3. The first-order valence-electron chi connectivity index (χ1n) is 7.12. The second kappa shape index (κ2) is 5.98. The molecular weight excluding hydrogens is 328 g/mol. The molecule has 2 aromatic rings. The molecule has 1 fully saturated rings. The smallest absolute Gasteiger partial charge is 0.257 e. The summed E-state index contributed by atoms with van der Waals surface area (Å²) in [7, 11) is 0. The molecule has 1 aromatic heterocycles. The Morgan fingerprint density at radius 2 is 2.14 bits per heavy atom. The number of benzene rings is 1. The Balaban J connectivity index is 1.85. The van der Waals surface area contributed by atoms with Crippen molar-refractivity contribution in [3.05, 3.63) is 63.9 Å². The largest absolute Gasteiger partial charge is 0.331 e. The highest BCUT2D eigenvalue weighted by atomic mass is 79.9. The molecule has 1 heterocycles. The molecule has 3 rings (SSSR count). The molecule has 108 valence electrons. The van der Waals surface area contributed by atoms with Crippen molar-refractivity contribution in [1.29, 1.82) is 0 Å². The van der Waals surface area contributed by atoms with E-state index in [0.29, 0.717) is 22.8 Å². The lowest BCUT2D eigenvalue weighted by molar-refractivity contribution is 0.0728. The highest BCUT2D eigenvalue weighted by molar-refractivity contribution is 9.10. The average molecular weight is 345 g/mol. The summed E-state index contributed by atoms with van der Waals surface area (Å²) in [5.74, 6) is 0.0546. The molecule has 3 nitrogen and oxygen atoms in total. The summed E-state index contributed by atoms with van der Waals surface area (Å²) in [6.45, 7) is 2.73. The fraction of sp³-hybridized carbons (Fsp3) is 0.294. The van der Waals surface area contributed by atoms with Crippen molar-refractivity contribution >= 4 is 21.8 Å². The minimum absolute atomic E-state index is 0.0546. The van der Waals surface area contributed by atoms with Gasteiger partial charge in [0.2, 0.25) is 0 Å². The second-order valence-electron chi connectivity index (χ2n) is 5.50. The van der Waals surface area contributed by atoms with Crippen LogP contribution in [0.2, 0.25) is 0 Å². The highest BCUT2D eigenvalue weighted by Gasteiger charge is 2.33. The molecule has 1 aliphatic carbocycles. The van der Waals surface area contributed by atoms with Gasteiger partial charge in [0, 0.05) is 18.8 Å². The number of hydrogen-bond acceptors (Lipinski definition) is 2. The van der Waals surface area contributed by atoms with E-state index in [0.717, 1.165) is 12.8 Å². The molecule has 1 aliphatic rings. The summed E-state index contributed by atoms with van der Waals surface area (Å²) in [6.07, 6.45) is 3.87. The zero-order valence-corrected chi connectivity index (χ0v) is 13.5. The molecule has 4 heteroatoms. The molecule has 0 radical (unpaired) electrons. The number of aromatic nitrogens is 1. The third-order valence-electron chi connectivity index (χ3n) is 3.67. The fourth-order valence-corrected chi connectivity index (χ4v) is 2.88. The number of hydrogen-bond donors (Lipinski definition) is 0. The lowest BCUT2D eigenvalue weighted by atomic mass is 10.1. The topological polar surface area (TPSA) is 33.2 Å². The minimum atomic E-state index is 0.0546. The number of pyridine rings is 1. The Hall–Kier alpha value is -1.68. The molecule has 1 saturated carbocycles. The first-order chi connectivity index (χ1) is 10.1. The Kier molecular flexibility index (Phi) is 4.06. The summed E-state index contributed by atoms with van der Waals surface area (Å²) in [4.78, 5) is 18.9. The van der Waals surface area contributed by atoms with Crippen LogP contribution in [0.4, 0.5) is 0 Å². The van der Waals surface area contributed by atoms with Gasteiger partial charge in [-0.05, 0) is 53.4 Å². The number of nitrogens with zero attached hydrogens (tertiary/aromatic N) is 2. The molecule has 0 N–H and O–H groups in total. The van der Waals surface area contributed by atoms with Crippen molar-refractivity contribution in [2.24, 2.45) is 0 Å². The van der Waals surface area contributed by atoms with Crippen LogP contribution in [0.3, 0.4) is 0 Å². The minimum Gasteiger partial charge on any atom is -0.331 e. The summed E-state index contributed by atoms with van der Waals surface area (Å²) < 4.78 is 0.616. The summed E-state index contributed by atoms with van der Waals surface area (Å²) in [6, 6.07) is 12.3. The Labute approximate surface area is 133 Å². The maximum Gasteiger partial charge on any atom is 0.257 e. The van der Waals surface area contributed by atoms with Crippen LogP contribution in [0.1, 0.15) is 34.3 Å². The number of aryl methyl sites for hydroxylation is 1.